The number of carboxylic acids is 1. The van der Waals surface area contributed by atoms with E-state index in [4.69, 9.17) is 0 Å². The first-order valence-electron chi connectivity index (χ1n) is 6.01. The third-order valence-corrected chi connectivity index (χ3v) is 3.61. The summed E-state index contributed by atoms with van der Waals surface area (Å²) >= 11 is 2.12. The van der Waals surface area contributed by atoms with Crippen molar-refractivity contribution in [1.82, 2.24) is 4.57 Å². The molecule has 0 spiro atoms. The van der Waals surface area contributed by atoms with Crippen LogP contribution in [0.3, 0.4) is 0 Å². The molecule has 100 valence electrons. The molecule has 0 atom stereocenters. The number of carbonyl (C=O) groups is 1. The largest absolute Gasteiger partial charge is 0.477 e. The first kappa shape index (κ1) is 14.1. The van der Waals surface area contributed by atoms with Gasteiger partial charge in [-0.1, -0.05) is 32.9 Å². The van der Waals surface area contributed by atoms with E-state index in [0.717, 1.165) is 9.26 Å². The molecular formula is C15H16INO2. The van der Waals surface area contributed by atoms with E-state index < -0.39 is 5.97 Å². The first-order chi connectivity index (χ1) is 8.79. The van der Waals surface area contributed by atoms with Gasteiger partial charge in [-0.15, -0.1) is 0 Å². The average molecular weight is 369 g/mol. The molecule has 1 N–H and O–H groups in total. The monoisotopic (exact) mass is 369 g/mol. The molecule has 0 unspecified atom stereocenters. The number of hydrogen-bond donors (Lipinski definition) is 1. The maximum Gasteiger partial charge on any atom is 0.352 e. The van der Waals surface area contributed by atoms with Crippen molar-refractivity contribution >= 4 is 28.6 Å². The molecule has 2 rings (SSSR count). The molecule has 1 aromatic carbocycles. The molecule has 0 amide bonds. The second kappa shape index (κ2) is 5.00. The van der Waals surface area contributed by atoms with E-state index >= 15 is 0 Å². The van der Waals surface area contributed by atoms with E-state index in [1.807, 2.05) is 30.5 Å². The van der Waals surface area contributed by atoms with Gasteiger partial charge in [0.1, 0.15) is 5.69 Å². The van der Waals surface area contributed by atoms with Crippen LogP contribution < -0.4 is 0 Å². The summed E-state index contributed by atoms with van der Waals surface area (Å²) in [4.78, 5) is 11.2. The molecular weight excluding hydrogens is 353 g/mol. The predicted molar refractivity (Wildman–Crippen MR) is 84.1 cm³/mol. The Labute approximate surface area is 126 Å². The van der Waals surface area contributed by atoms with Crippen molar-refractivity contribution in [2.45, 2.75) is 26.2 Å². The lowest BCUT2D eigenvalue weighted by atomic mass is 9.87. The van der Waals surface area contributed by atoms with Crippen LogP contribution in [0.2, 0.25) is 0 Å². The predicted octanol–water partition coefficient (Wildman–Crippen LogP) is 4.08. The normalized spacial score (nSPS) is 11.6. The van der Waals surface area contributed by atoms with Crippen molar-refractivity contribution in [3.8, 4) is 5.69 Å². The fourth-order valence-corrected chi connectivity index (χ4v) is 2.50. The van der Waals surface area contributed by atoms with E-state index in [-0.39, 0.29) is 11.1 Å². The lowest BCUT2D eigenvalue weighted by Gasteiger charge is -2.19. The summed E-state index contributed by atoms with van der Waals surface area (Å²) in [5.41, 5.74) is 2.48. The maximum absolute atomic E-state index is 11.2. The van der Waals surface area contributed by atoms with Crippen LogP contribution in [0.1, 0.15) is 36.8 Å². The fraction of sp³-hybridized carbons (Fsp3) is 0.267. The van der Waals surface area contributed by atoms with Gasteiger partial charge < -0.3 is 9.67 Å². The molecule has 1 heterocycles. The highest BCUT2D eigenvalue weighted by molar-refractivity contribution is 14.1. The molecule has 19 heavy (non-hydrogen) atoms. The SMILES string of the molecule is CC(C)(C)c1ccc(-n2cc(I)cc2C(=O)O)cc1. The molecule has 0 fully saturated rings. The Morgan fingerprint density at radius 3 is 2.26 bits per heavy atom. The van der Waals surface area contributed by atoms with Crippen LogP contribution in [-0.4, -0.2) is 15.6 Å². The van der Waals surface area contributed by atoms with Crippen molar-refractivity contribution in [2.24, 2.45) is 0 Å². The number of halogens is 1. The van der Waals surface area contributed by atoms with Crippen LogP contribution in [0.5, 0.6) is 0 Å². The molecule has 0 saturated carbocycles. The number of carboxylic acid groups (broad SMARTS) is 1. The zero-order chi connectivity index (χ0) is 14.2. The summed E-state index contributed by atoms with van der Waals surface area (Å²) < 4.78 is 2.62. The molecule has 0 radical (unpaired) electrons. The maximum atomic E-state index is 11.2. The van der Waals surface area contributed by atoms with Crippen LogP contribution in [0.25, 0.3) is 5.69 Å². The number of nitrogens with zero attached hydrogens (tertiary/aromatic N) is 1. The highest BCUT2D eigenvalue weighted by atomic mass is 127. The topological polar surface area (TPSA) is 42.2 Å². The first-order valence-corrected chi connectivity index (χ1v) is 7.09. The van der Waals surface area contributed by atoms with E-state index in [0.29, 0.717) is 0 Å². The zero-order valence-corrected chi connectivity index (χ0v) is 13.3. The number of aromatic nitrogens is 1. The van der Waals surface area contributed by atoms with E-state index in [2.05, 4.69) is 43.4 Å². The van der Waals surface area contributed by atoms with Gasteiger partial charge >= 0.3 is 5.97 Å². The Morgan fingerprint density at radius 1 is 1.21 bits per heavy atom. The highest BCUT2D eigenvalue weighted by Gasteiger charge is 2.15. The van der Waals surface area contributed by atoms with Gasteiger partial charge in [-0.3, -0.25) is 0 Å². The van der Waals surface area contributed by atoms with Gasteiger partial charge in [-0.2, -0.15) is 0 Å². The lowest BCUT2D eigenvalue weighted by Crippen LogP contribution is -2.11. The summed E-state index contributed by atoms with van der Waals surface area (Å²) in [5.74, 6) is -0.914. The zero-order valence-electron chi connectivity index (χ0n) is 11.1. The third kappa shape index (κ3) is 3.00. The molecule has 0 aliphatic heterocycles. The second-order valence-corrected chi connectivity index (χ2v) is 6.76. The van der Waals surface area contributed by atoms with Gasteiger partial charge in [0.25, 0.3) is 0 Å². The average Bonchev–Trinajstić information content (AvgIpc) is 2.70. The molecule has 0 saturated heterocycles. The van der Waals surface area contributed by atoms with Crippen LogP contribution >= 0.6 is 22.6 Å². The molecule has 0 bridgehead atoms. The summed E-state index contributed by atoms with van der Waals surface area (Å²) in [6.07, 6.45) is 1.83. The third-order valence-electron chi connectivity index (χ3n) is 3.02. The fourth-order valence-electron chi connectivity index (χ4n) is 1.93. The van der Waals surface area contributed by atoms with Crippen LogP contribution in [0, 0.1) is 3.57 Å². The quantitative estimate of drug-likeness (QED) is 0.811. The Balaban J connectivity index is 2.46. The molecule has 1 aromatic heterocycles. The standard InChI is InChI=1S/C15H16INO2/c1-15(2,3)10-4-6-12(7-5-10)17-9-11(16)8-13(17)14(18)19/h4-9H,1-3H3,(H,18,19). The van der Waals surface area contributed by atoms with E-state index in [1.165, 1.54) is 5.56 Å². The minimum absolute atomic E-state index is 0.0965. The van der Waals surface area contributed by atoms with Crippen molar-refractivity contribution in [1.29, 1.82) is 0 Å². The lowest BCUT2D eigenvalue weighted by molar-refractivity contribution is 0.0688. The van der Waals surface area contributed by atoms with E-state index in [9.17, 15) is 9.90 Å². The Hall–Kier alpha value is -1.30. The number of hydrogen-bond acceptors (Lipinski definition) is 1. The van der Waals surface area contributed by atoms with Crippen molar-refractivity contribution in [3.63, 3.8) is 0 Å². The molecule has 2 aromatic rings. The molecule has 3 nitrogen and oxygen atoms in total. The summed E-state index contributed by atoms with van der Waals surface area (Å²) in [5, 5.41) is 9.20. The highest BCUT2D eigenvalue weighted by Crippen LogP contribution is 2.24. The summed E-state index contributed by atoms with van der Waals surface area (Å²) in [6.45, 7) is 6.47. The Morgan fingerprint density at radius 2 is 1.79 bits per heavy atom. The summed E-state index contributed by atoms with van der Waals surface area (Å²) in [7, 11) is 0. The minimum atomic E-state index is -0.914. The number of aromatic carboxylic acids is 1. The van der Waals surface area contributed by atoms with Gasteiger partial charge in [0.05, 0.1) is 0 Å². The van der Waals surface area contributed by atoms with Crippen LogP contribution in [0.4, 0.5) is 0 Å². The van der Waals surface area contributed by atoms with Crippen molar-refractivity contribution in [3.05, 3.63) is 51.4 Å². The molecule has 0 aliphatic rings. The number of benzene rings is 1. The van der Waals surface area contributed by atoms with Crippen molar-refractivity contribution in [2.75, 3.05) is 0 Å². The molecule has 0 aliphatic carbocycles. The van der Waals surface area contributed by atoms with Gasteiger partial charge in [0, 0.05) is 15.5 Å². The van der Waals surface area contributed by atoms with Crippen molar-refractivity contribution < 1.29 is 9.90 Å². The smallest absolute Gasteiger partial charge is 0.352 e. The van der Waals surface area contributed by atoms with Gasteiger partial charge in [0.2, 0.25) is 0 Å². The van der Waals surface area contributed by atoms with Crippen LogP contribution in [0.15, 0.2) is 36.5 Å². The van der Waals surface area contributed by atoms with Gasteiger partial charge in [0.15, 0.2) is 0 Å². The number of rotatable bonds is 2. The minimum Gasteiger partial charge on any atom is -0.477 e. The van der Waals surface area contributed by atoms with E-state index in [1.54, 1.807) is 10.6 Å². The molecule has 4 heteroatoms. The van der Waals surface area contributed by atoms with Crippen LogP contribution in [-0.2, 0) is 5.41 Å². The Kier molecular flexibility index (Phi) is 3.71. The van der Waals surface area contributed by atoms with Gasteiger partial charge in [-0.25, -0.2) is 4.79 Å². The Bertz CT molecular complexity index is 606. The second-order valence-electron chi connectivity index (χ2n) is 5.52. The van der Waals surface area contributed by atoms with Gasteiger partial charge in [-0.05, 0) is 51.8 Å². The summed E-state index contributed by atoms with van der Waals surface area (Å²) in [6, 6.07) is 9.69.